The lowest BCUT2D eigenvalue weighted by atomic mass is 9.76. The second kappa shape index (κ2) is 9.57. The number of carbonyl (C=O) groups is 3. The molecule has 2 unspecified atom stereocenters. The summed E-state index contributed by atoms with van der Waals surface area (Å²) in [6, 6.07) is 7.89. The van der Waals surface area contributed by atoms with Gasteiger partial charge >= 0.3 is 5.97 Å². The van der Waals surface area contributed by atoms with E-state index in [2.05, 4.69) is 19.2 Å². The Balaban J connectivity index is 1.56. The summed E-state index contributed by atoms with van der Waals surface area (Å²) in [6.45, 7) is 4.26. The van der Waals surface area contributed by atoms with Gasteiger partial charge in [0.05, 0.1) is 11.5 Å². The van der Waals surface area contributed by atoms with E-state index in [4.69, 9.17) is 0 Å². The molecular formula is C26H31NO4S. The number of carbonyl (C=O) groups excluding carboxylic acids is 2. The van der Waals surface area contributed by atoms with Gasteiger partial charge in [0.1, 0.15) is 5.78 Å². The minimum Gasteiger partial charge on any atom is -0.481 e. The summed E-state index contributed by atoms with van der Waals surface area (Å²) < 4.78 is 0. The fourth-order valence-electron chi connectivity index (χ4n) is 5.10. The molecule has 170 valence electrons. The Bertz CT molecular complexity index is 1020. The topological polar surface area (TPSA) is 83.5 Å². The smallest absolute Gasteiger partial charge is 0.307 e. The SMILES string of the molecule is CC(C)c1ccc(NC(=O)c2c(CC(=O)C3CCCCC3C(=O)O)sc3c2CCC3)cc1. The molecule has 0 bridgehead atoms. The molecular weight excluding hydrogens is 422 g/mol. The molecule has 0 spiro atoms. The van der Waals surface area contributed by atoms with Gasteiger partial charge in [-0.05, 0) is 61.3 Å². The first-order valence-electron chi connectivity index (χ1n) is 11.7. The number of rotatable bonds is 7. The zero-order chi connectivity index (χ0) is 22.8. The van der Waals surface area contributed by atoms with E-state index >= 15 is 0 Å². The number of hydrogen-bond acceptors (Lipinski definition) is 4. The van der Waals surface area contributed by atoms with Gasteiger partial charge in [0.25, 0.3) is 5.91 Å². The van der Waals surface area contributed by atoms with Crippen LogP contribution in [0.2, 0.25) is 0 Å². The number of nitrogens with one attached hydrogen (secondary N) is 1. The third-order valence-electron chi connectivity index (χ3n) is 6.89. The first-order chi connectivity index (χ1) is 15.3. The van der Waals surface area contributed by atoms with Crippen LogP contribution in [-0.4, -0.2) is 22.8 Å². The van der Waals surface area contributed by atoms with Crippen molar-refractivity contribution in [2.75, 3.05) is 5.32 Å². The molecule has 1 aromatic carbocycles. The number of aryl methyl sites for hydroxylation is 1. The summed E-state index contributed by atoms with van der Waals surface area (Å²) in [5.74, 6) is -1.70. The molecule has 2 aromatic rings. The molecule has 1 fully saturated rings. The number of carboxylic acid groups (broad SMARTS) is 1. The van der Waals surface area contributed by atoms with Crippen LogP contribution < -0.4 is 5.32 Å². The molecule has 32 heavy (non-hydrogen) atoms. The van der Waals surface area contributed by atoms with E-state index in [1.165, 1.54) is 10.4 Å². The van der Waals surface area contributed by atoms with Crippen LogP contribution in [0.15, 0.2) is 24.3 Å². The van der Waals surface area contributed by atoms with Crippen molar-refractivity contribution in [3.8, 4) is 0 Å². The van der Waals surface area contributed by atoms with Crippen LogP contribution in [0.5, 0.6) is 0 Å². The number of thiophene rings is 1. The Hall–Kier alpha value is -2.47. The Morgan fingerprint density at radius 1 is 1.03 bits per heavy atom. The van der Waals surface area contributed by atoms with Crippen molar-refractivity contribution in [3.05, 3.63) is 50.7 Å². The van der Waals surface area contributed by atoms with Gasteiger partial charge in [0.15, 0.2) is 0 Å². The largest absolute Gasteiger partial charge is 0.481 e. The van der Waals surface area contributed by atoms with Crippen molar-refractivity contribution in [2.24, 2.45) is 11.8 Å². The monoisotopic (exact) mass is 453 g/mol. The number of anilines is 1. The van der Waals surface area contributed by atoms with Crippen LogP contribution in [0.1, 0.15) is 83.1 Å². The van der Waals surface area contributed by atoms with E-state index in [1.807, 2.05) is 24.3 Å². The molecule has 6 heteroatoms. The third-order valence-corrected chi connectivity index (χ3v) is 8.18. The molecule has 2 atom stereocenters. The second-order valence-corrected chi connectivity index (χ2v) is 10.6. The highest BCUT2D eigenvalue weighted by Crippen LogP contribution is 2.38. The molecule has 2 aliphatic carbocycles. The number of Topliss-reactive ketones (excluding diaryl/α,β-unsaturated/α-hetero) is 1. The molecule has 0 saturated heterocycles. The van der Waals surface area contributed by atoms with E-state index < -0.39 is 17.8 Å². The predicted octanol–water partition coefficient (Wildman–Crippen LogP) is 5.62. The van der Waals surface area contributed by atoms with Crippen molar-refractivity contribution in [2.45, 2.75) is 71.1 Å². The van der Waals surface area contributed by atoms with Gasteiger partial charge in [-0.25, -0.2) is 0 Å². The van der Waals surface area contributed by atoms with E-state index in [0.29, 0.717) is 24.3 Å². The second-order valence-electron chi connectivity index (χ2n) is 9.37. The van der Waals surface area contributed by atoms with Gasteiger partial charge in [0.2, 0.25) is 0 Å². The maximum Gasteiger partial charge on any atom is 0.307 e. The quantitative estimate of drug-likeness (QED) is 0.570. The van der Waals surface area contributed by atoms with Gasteiger partial charge in [0, 0.05) is 27.8 Å². The normalized spacial score (nSPS) is 20.2. The summed E-state index contributed by atoms with van der Waals surface area (Å²) >= 11 is 1.57. The van der Waals surface area contributed by atoms with Gasteiger partial charge in [-0.1, -0.05) is 38.8 Å². The number of hydrogen-bond donors (Lipinski definition) is 2. The first-order valence-corrected chi connectivity index (χ1v) is 12.5. The summed E-state index contributed by atoms with van der Waals surface area (Å²) in [4.78, 5) is 40.1. The van der Waals surface area contributed by atoms with E-state index in [-0.39, 0.29) is 18.1 Å². The number of amides is 1. The Labute approximate surface area is 193 Å². The fourth-order valence-corrected chi connectivity index (χ4v) is 6.50. The fraction of sp³-hybridized carbons (Fsp3) is 0.500. The predicted molar refractivity (Wildman–Crippen MR) is 127 cm³/mol. The summed E-state index contributed by atoms with van der Waals surface area (Å²) in [5.41, 5.74) is 3.68. The van der Waals surface area contributed by atoms with Crippen molar-refractivity contribution in [3.63, 3.8) is 0 Å². The van der Waals surface area contributed by atoms with E-state index in [9.17, 15) is 19.5 Å². The van der Waals surface area contributed by atoms with Crippen LogP contribution >= 0.6 is 11.3 Å². The molecule has 1 amide bonds. The van der Waals surface area contributed by atoms with Crippen LogP contribution in [0.25, 0.3) is 0 Å². The molecule has 0 aliphatic heterocycles. The third kappa shape index (κ3) is 4.65. The lowest BCUT2D eigenvalue weighted by molar-refractivity contribution is -0.148. The van der Waals surface area contributed by atoms with Gasteiger partial charge in [-0.3, -0.25) is 14.4 Å². The molecule has 1 aromatic heterocycles. The molecule has 5 nitrogen and oxygen atoms in total. The Morgan fingerprint density at radius 3 is 2.38 bits per heavy atom. The highest BCUT2D eigenvalue weighted by Gasteiger charge is 2.37. The maximum atomic E-state index is 13.3. The van der Waals surface area contributed by atoms with Gasteiger partial charge < -0.3 is 10.4 Å². The van der Waals surface area contributed by atoms with E-state index in [0.717, 1.165) is 48.2 Å². The molecule has 0 radical (unpaired) electrons. The molecule has 1 heterocycles. The van der Waals surface area contributed by atoms with Crippen molar-refractivity contribution in [1.29, 1.82) is 0 Å². The molecule has 2 N–H and O–H groups in total. The Morgan fingerprint density at radius 2 is 1.72 bits per heavy atom. The first kappa shape index (κ1) is 22.7. The lowest BCUT2D eigenvalue weighted by Crippen LogP contribution is -2.33. The zero-order valence-electron chi connectivity index (χ0n) is 18.8. The minimum atomic E-state index is -0.875. The van der Waals surface area contributed by atoms with Gasteiger partial charge in [-0.2, -0.15) is 0 Å². The van der Waals surface area contributed by atoms with Crippen LogP contribution in [0.4, 0.5) is 5.69 Å². The number of ketones is 1. The van der Waals surface area contributed by atoms with Crippen molar-refractivity contribution >= 4 is 34.7 Å². The summed E-state index contributed by atoms with van der Waals surface area (Å²) in [7, 11) is 0. The lowest BCUT2D eigenvalue weighted by Gasteiger charge is -2.27. The number of benzene rings is 1. The maximum absolute atomic E-state index is 13.3. The molecule has 4 rings (SSSR count). The number of fused-ring (bicyclic) bond motifs is 1. The van der Waals surface area contributed by atoms with Crippen molar-refractivity contribution < 1.29 is 19.5 Å². The zero-order valence-corrected chi connectivity index (χ0v) is 19.6. The van der Waals surface area contributed by atoms with Crippen LogP contribution in [0, 0.1) is 11.8 Å². The minimum absolute atomic E-state index is 0.0349. The van der Waals surface area contributed by atoms with Crippen LogP contribution in [-0.2, 0) is 28.9 Å². The number of carboxylic acids is 1. The summed E-state index contributed by atoms with van der Waals surface area (Å²) in [6.07, 6.45) is 5.92. The average Bonchev–Trinajstić information content (AvgIpc) is 3.34. The van der Waals surface area contributed by atoms with Crippen molar-refractivity contribution in [1.82, 2.24) is 0 Å². The van der Waals surface area contributed by atoms with Gasteiger partial charge in [-0.15, -0.1) is 11.3 Å². The number of aliphatic carboxylic acids is 1. The average molecular weight is 454 g/mol. The standard InChI is InChI=1S/C26H31NO4S/c1-15(2)16-10-12-17(13-11-16)27-25(29)24-20-8-5-9-22(20)32-23(24)14-21(28)18-6-3-4-7-19(18)26(30)31/h10-13,15,18-19H,3-9,14H2,1-2H3,(H,27,29)(H,30,31). The molecule has 1 saturated carbocycles. The van der Waals surface area contributed by atoms with E-state index in [1.54, 1.807) is 11.3 Å². The molecule has 2 aliphatic rings. The summed E-state index contributed by atoms with van der Waals surface area (Å²) in [5, 5.41) is 12.6. The highest BCUT2D eigenvalue weighted by atomic mass is 32.1. The highest BCUT2D eigenvalue weighted by molar-refractivity contribution is 7.12. The van der Waals surface area contributed by atoms with Crippen LogP contribution in [0.3, 0.4) is 0 Å². The Kier molecular flexibility index (Phi) is 6.79.